The van der Waals surface area contributed by atoms with Crippen molar-refractivity contribution in [3.05, 3.63) is 64.5 Å². The number of carbonyl (C=O) groups is 1. The highest BCUT2D eigenvalue weighted by Crippen LogP contribution is 2.22. The molecule has 132 valence electrons. The molecule has 7 nitrogen and oxygen atoms in total. The molecule has 0 bridgehead atoms. The van der Waals surface area contributed by atoms with Crippen LogP contribution in [0.5, 0.6) is 0 Å². The standard InChI is InChI=1S/C18H16FN5O2/c19-12-4-5-14-16(11-12)21-22-24(17(14)25)13-6-9-23(10-7-13)18(26)15-3-1-2-8-20-15/h1-5,8,11,13H,6-7,9-10H2. The maximum Gasteiger partial charge on any atom is 0.277 e. The number of hydrogen-bond donors (Lipinski definition) is 0. The van der Waals surface area contributed by atoms with Crippen molar-refractivity contribution in [3.63, 3.8) is 0 Å². The van der Waals surface area contributed by atoms with Gasteiger partial charge in [-0.05, 0) is 37.1 Å². The number of carbonyl (C=O) groups excluding carboxylic acids is 1. The first-order chi connectivity index (χ1) is 12.6. The van der Waals surface area contributed by atoms with E-state index in [1.807, 2.05) is 0 Å². The van der Waals surface area contributed by atoms with Crippen LogP contribution < -0.4 is 5.56 Å². The van der Waals surface area contributed by atoms with Gasteiger partial charge in [-0.1, -0.05) is 11.3 Å². The average Bonchev–Trinajstić information content (AvgIpc) is 2.68. The highest BCUT2D eigenvalue weighted by Gasteiger charge is 2.26. The molecular formula is C18H16FN5O2. The fourth-order valence-electron chi connectivity index (χ4n) is 3.23. The second kappa shape index (κ2) is 6.62. The molecule has 1 aromatic carbocycles. The Bertz CT molecular complexity index is 1010. The van der Waals surface area contributed by atoms with Crippen LogP contribution in [0.1, 0.15) is 29.4 Å². The molecule has 26 heavy (non-hydrogen) atoms. The monoisotopic (exact) mass is 353 g/mol. The largest absolute Gasteiger partial charge is 0.337 e. The van der Waals surface area contributed by atoms with E-state index in [1.165, 1.54) is 22.9 Å². The van der Waals surface area contributed by atoms with Gasteiger partial charge in [-0.25, -0.2) is 9.07 Å². The Morgan fingerprint density at radius 1 is 1.15 bits per heavy atom. The number of pyridine rings is 1. The lowest BCUT2D eigenvalue weighted by molar-refractivity contribution is 0.0681. The summed E-state index contributed by atoms with van der Waals surface area (Å²) in [6.07, 6.45) is 2.78. The molecule has 2 aromatic heterocycles. The van der Waals surface area contributed by atoms with E-state index in [-0.39, 0.29) is 23.0 Å². The highest BCUT2D eigenvalue weighted by molar-refractivity contribution is 5.92. The molecule has 0 spiro atoms. The zero-order valence-electron chi connectivity index (χ0n) is 13.9. The van der Waals surface area contributed by atoms with Gasteiger partial charge in [0.1, 0.15) is 17.0 Å². The van der Waals surface area contributed by atoms with E-state index in [9.17, 15) is 14.0 Å². The third kappa shape index (κ3) is 2.94. The van der Waals surface area contributed by atoms with Crippen LogP contribution in [0.3, 0.4) is 0 Å². The number of nitrogens with zero attached hydrogens (tertiary/aromatic N) is 5. The lowest BCUT2D eigenvalue weighted by Crippen LogP contribution is -2.41. The number of fused-ring (bicyclic) bond motifs is 1. The van der Waals surface area contributed by atoms with Crippen molar-refractivity contribution in [1.29, 1.82) is 0 Å². The molecule has 0 atom stereocenters. The highest BCUT2D eigenvalue weighted by atomic mass is 19.1. The Morgan fingerprint density at radius 3 is 2.69 bits per heavy atom. The molecule has 1 aliphatic heterocycles. The molecule has 1 fully saturated rings. The van der Waals surface area contributed by atoms with Gasteiger partial charge in [0.15, 0.2) is 0 Å². The lowest BCUT2D eigenvalue weighted by atomic mass is 10.0. The second-order valence-corrected chi connectivity index (χ2v) is 6.24. The molecule has 1 saturated heterocycles. The van der Waals surface area contributed by atoms with Crippen LogP contribution in [0.4, 0.5) is 4.39 Å². The molecule has 1 amide bonds. The van der Waals surface area contributed by atoms with Gasteiger partial charge in [0, 0.05) is 25.4 Å². The topological polar surface area (TPSA) is 81.0 Å². The van der Waals surface area contributed by atoms with E-state index in [4.69, 9.17) is 0 Å². The van der Waals surface area contributed by atoms with Crippen LogP contribution >= 0.6 is 0 Å². The van der Waals surface area contributed by atoms with E-state index >= 15 is 0 Å². The van der Waals surface area contributed by atoms with Crippen LogP contribution in [0.15, 0.2) is 47.4 Å². The summed E-state index contributed by atoms with van der Waals surface area (Å²) in [6, 6.07) is 8.95. The van der Waals surface area contributed by atoms with E-state index in [0.29, 0.717) is 37.0 Å². The minimum absolute atomic E-state index is 0.114. The fourth-order valence-corrected chi connectivity index (χ4v) is 3.23. The van der Waals surface area contributed by atoms with Gasteiger partial charge >= 0.3 is 0 Å². The van der Waals surface area contributed by atoms with Gasteiger partial charge in [-0.3, -0.25) is 14.6 Å². The molecule has 3 heterocycles. The molecule has 0 radical (unpaired) electrons. The number of aromatic nitrogens is 4. The minimum atomic E-state index is -0.453. The minimum Gasteiger partial charge on any atom is -0.337 e. The Morgan fingerprint density at radius 2 is 1.96 bits per heavy atom. The molecule has 3 aromatic rings. The summed E-state index contributed by atoms with van der Waals surface area (Å²) in [5.41, 5.74) is 0.370. The lowest BCUT2D eigenvalue weighted by Gasteiger charge is -2.31. The zero-order valence-corrected chi connectivity index (χ0v) is 13.9. The SMILES string of the molecule is O=C(c1ccccn1)N1CCC(n2nnc3cc(F)ccc3c2=O)CC1. The fraction of sp³-hybridized carbons (Fsp3) is 0.278. The summed E-state index contributed by atoms with van der Waals surface area (Å²) < 4.78 is 14.6. The van der Waals surface area contributed by atoms with Crippen molar-refractivity contribution < 1.29 is 9.18 Å². The number of halogens is 1. The Hall–Kier alpha value is -3.16. The van der Waals surface area contributed by atoms with Gasteiger partial charge in [-0.2, -0.15) is 0 Å². The number of hydrogen-bond acceptors (Lipinski definition) is 5. The van der Waals surface area contributed by atoms with Gasteiger partial charge in [0.05, 0.1) is 11.4 Å². The van der Waals surface area contributed by atoms with Crippen LogP contribution in [-0.2, 0) is 0 Å². The molecule has 0 unspecified atom stereocenters. The summed E-state index contributed by atoms with van der Waals surface area (Å²) in [7, 11) is 0. The Labute approximate surface area is 148 Å². The first-order valence-corrected chi connectivity index (χ1v) is 8.38. The summed E-state index contributed by atoms with van der Waals surface area (Å²) >= 11 is 0. The first-order valence-electron chi connectivity index (χ1n) is 8.38. The zero-order chi connectivity index (χ0) is 18.1. The van der Waals surface area contributed by atoms with Crippen molar-refractivity contribution in [1.82, 2.24) is 24.9 Å². The van der Waals surface area contributed by atoms with Crippen molar-refractivity contribution in [2.24, 2.45) is 0 Å². The van der Waals surface area contributed by atoms with Crippen LogP contribution in [-0.4, -0.2) is 43.9 Å². The quantitative estimate of drug-likeness (QED) is 0.702. The van der Waals surface area contributed by atoms with E-state index in [2.05, 4.69) is 15.3 Å². The predicted octanol–water partition coefficient (Wildman–Crippen LogP) is 1.80. The summed E-state index contributed by atoms with van der Waals surface area (Å²) in [6.45, 7) is 1.02. The molecule has 0 aliphatic carbocycles. The average molecular weight is 353 g/mol. The van der Waals surface area contributed by atoms with E-state index in [0.717, 1.165) is 0 Å². The van der Waals surface area contributed by atoms with Gasteiger partial charge < -0.3 is 4.90 Å². The van der Waals surface area contributed by atoms with Crippen molar-refractivity contribution >= 4 is 16.8 Å². The van der Waals surface area contributed by atoms with Gasteiger partial charge in [0.25, 0.3) is 11.5 Å². The Balaban J connectivity index is 1.52. The van der Waals surface area contributed by atoms with Crippen LogP contribution in [0, 0.1) is 5.82 Å². The van der Waals surface area contributed by atoms with Gasteiger partial charge in [0.2, 0.25) is 0 Å². The molecule has 0 saturated carbocycles. The number of amides is 1. The first kappa shape index (κ1) is 16.3. The van der Waals surface area contributed by atoms with Crippen molar-refractivity contribution in [3.8, 4) is 0 Å². The van der Waals surface area contributed by atoms with Gasteiger partial charge in [-0.15, -0.1) is 5.10 Å². The Kier molecular flexibility index (Phi) is 4.16. The number of piperidine rings is 1. The van der Waals surface area contributed by atoms with Crippen molar-refractivity contribution in [2.45, 2.75) is 18.9 Å². The maximum absolute atomic E-state index is 13.3. The number of likely N-dealkylation sites (tertiary alicyclic amines) is 1. The maximum atomic E-state index is 13.3. The molecule has 0 N–H and O–H groups in total. The van der Waals surface area contributed by atoms with E-state index in [1.54, 1.807) is 29.3 Å². The third-order valence-corrected chi connectivity index (χ3v) is 4.63. The predicted molar refractivity (Wildman–Crippen MR) is 92.2 cm³/mol. The van der Waals surface area contributed by atoms with Crippen LogP contribution in [0.2, 0.25) is 0 Å². The molecule has 4 rings (SSSR count). The van der Waals surface area contributed by atoms with E-state index < -0.39 is 5.82 Å². The third-order valence-electron chi connectivity index (χ3n) is 4.63. The number of benzene rings is 1. The molecule has 8 heteroatoms. The molecular weight excluding hydrogens is 337 g/mol. The summed E-state index contributed by atoms with van der Waals surface area (Å²) in [5.74, 6) is -0.568. The summed E-state index contributed by atoms with van der Waals surface area (Å²) in [5, 5.41) is 8.27. The van der Waals surface area contributed by atoms with Crippen molar-refractivity contribution in [2.75, 3.05) is 13.1 Å². The number of rotatable bonds is 2. The second-order valence-electron chi connectivity index (χ2n) is 6.24. The normalized spacial score (nSPS) is 15.3. The van der Waals surface area contributed by atoms with Crippen LogP contribution in [0.25, 0.3) is 10.9 Å². The smallest absolute Gasteiger partial charge is 0.277 e. The summed E-state index contributed by atoms with van der Waals surface area (Å²) in [4.78, 5) is 30.9. The molecule has 1 aliphatic rings.